The van der Waals surface area contributed by atoms with Crippen LogP contribution < -0.4 is 4.74 Å². The first kappa shape index (κ1) is 51.3. The second-order valence-electron chi connectivity index (χ2n) is 19.1. The zero-order chi connectivity index (χ0) is 48.2. The number of aliphatic hydroxyl groups excluding tert-OH is 5. The summed E-state index contributed by atoms with van der Waals surface area (Å²) >= 11 is 0. The maximum atomic E-state index is 12.3. The van der Waals surface area contributed by atoms with E-state index < -0.39 is 5.41 Å². The first-order valence-corrected chi connectivity index (χ1v) is 23.1. The van der Waals surface area contributed by atoms with Crippen molar-refractivity contribution < 1.29 is 35.1 Å². The normalized spacial score (nSPS) is 11.7. The van der Waals surface area contributed by atoms with Gasteiger partial charge in [0.25, 0.3) is 0 Å². The van der Waals surface area contributed by atoms with Crippen molar-refractivity contribution >= 4 is 27.5 Å². The van der Waals surface area contributed by atoms with Crippen molar-refractivity contribution in [2.45, 2.75) is 125 Å². The molecule has 0 amide bonds. The van der Waals surface area contributed by atoms with Crippen LogP contribution in [0.25, 0.3) is 43.8 Å². The van der Waals surface area contributed by atoms with Crippen LogP contribution in [0.15, 0.2) is 133 Å². The first-order chi connectivity index (χ1) is 31.4. The Hall–Kier alpha value is -5.67. The Kier molecular flexibility index (Phi) is 17.6. The summed E-state index contributed by atoms with van der Waals surface area (Å²) in [6.45, 7) is 19.0. The van der Waals surface area contributed by atoms with E-state index in [-0.39, 0.29) is 49.8 Å². The molecule has 0 spiro atoms. The van der Waals surface area contributed by atoms with Crippen LogP contribution in [0.4, 0.5) is 0 Å². The molecule has 7 rings (SSSR count). The summed E-state index contributed by atoms with van der Waals surface area (Å²) in [5, 5.41) is 50.6. The molecule has 7 aromatic rings. The molecule has 0 aliphatic carbocycles. The molecule has 0 bridgehead atoms. The molecule has 0 heterocycles. The second-order valence-corrected chi connectivity index (χ2v) is 19.1. The van der Waals surface area contributed by atoms with Gasteiger partial charge in [0.15, 0.2) is 0 Å². The lowest BCUT2D eigenvalue weighted by Gasteiger charge is -2.23. The van der Waals surface area contributed by atoms with Crippen LogP contribution in [0.3, 0.4) is 0 Å². The summed E-state index contributed by atoms with van der Waals surface area (Å²) in [6, 6.07) is 44.7. The van der Waals surface area contributed by atoms with E-state index in [9.17, 15) is 25.2 Å². The molecule has 348 valence electrons. The van der Waals surface area contributed by atoms with Gasteiger partial charge in [0, 0.05) is 0 Å². The van der Waals surface area contributed by atoms with Crippen molar-refractivity contribution in [1.82, 2.24) is 0 Å². The van der Waals surface area contributed by atoms with Gasteiger partial charge < -0.3 is 30.3 Å². The molecule has 0 atom stereocenters. The number of ether oxygens (including phenoxy) is 1. The highest BCUT2D eigenvalue weighted by atomic mass is 16.5. The van der Waals surface area contributed by atoms with Crippen LogP contribution in [0.5, 0.6) is 5.75 Å². The first-order valence-electron chi connectivity index (χ1n) is 23.1. The highest BCUT2D eigenvalue weighted by Gasteiger charge is 2.27. The average molecular weight is 891 g/mol. The van der Waals surface area contributed by atoms with Gasteiger partial charge in [-0.2, -0.15) is 0 Å². The molecule has 0 fully saturated rings. The summed E-state index contributed by atoms with van der Waals surface area (Å²) in [5.74, 6) is 0.285. The van der Waals surface area contributed by atoms with E-state index in [1.165, 1.54) is 22.3 Å². The third-order valence-electron chi connectivity index (χ3n) is 13.5. The Labute approximate surface area is 392 Å². The minimum atomic E-state index is -0.519. The molecular weight excluding hydrogens is 821 g/mol. The van der Waals surface area contributed by atoms with Crippen molar-refractivity contribution in [2.24, 2.45) is 5.41 Å². The summed E-state index contributed by atoms with van der Waals surface area (Å²) in [6.07, 6.45) is 2.95. The highest BCUT2D eigenvalue weighted by molar-refractivity contribution is 5.99. The molecule has 0 aliphatic heterocycles. The Morgan fingerprint density at radius 2 is 0.818 bits per heavy atom. The number of rotatable bonds is 14. The molecule has 0 aliphatic rings. The Bertz CT molecular complexity index is 2680. The zero-order valence-electron chi connectivity index (χ0n) is 40.4. The monoisotopic (exact) mass is 891 g/mol. The van der Waals surface area contributed by atoms with Crippen LogP contribution in [0.1, 0.15) is 121 Å². The fraction of sp³-hybridized carbons (Fsp3) is 0.339. The van der Waals surface area contributed by atoms with E-state index in [0.717, 1.165) is 67.8 Å². The van der Waals surface area contributed by atoms with Crippen molar-refractivity contribution in [3.63, 3.8) is 0 Å². The zero-order valence-corrected chi connectivity index (χ0v) is 40.4. The smallest absolute Gasteiger partial charge is 0.316 e. The summed E-state index contributed by atoms with van der Waals surface area (Å²) in [7, 11) is 0. The Morgan fingerprint density at radius 1 is 0.409 bits per heavy atom. The molecule has 7 nitrogen and oxygen atoms in total. The van der Waals surface area contributed by atoms with Crippen molar-refractivity contribution in [3.05, 3.63) is 172 Å². The van der Waals surface area contributed by atoms with E-state index in [4.69, 9.17) is 9.84 Å². The van der Waals surface area contributed by atoms with Gasteiger partial charge >= 0.3 is 5.97 Å². The molecule has 0 aromatic heterocycles. The third kappa shape index (κ3) is 12.6. The molecule has 0 unspecified atom stereocenters. The van der Waals surface area contributed by atoms with Crippen molar-refractivity contribution in [1.29, 1.82) is 0 Å². The fourth-order valence-electron chi connectivity index (χ4n) is 7.41. The standard InChI is InChI=1S/C22H24O4.C19H24O2.C18H22O/c1-4-22(2,3)21(25)26-20-6-5-14-7-15-9-18(12-23)19(13-24)10-16(15)8-17(14)11-20;1-4-19(2,3)18-9-7-14(8-10-18)15-5-6-16(12-20)17(11-15)13-21;1-4-18(2,3)17-11-9-16(10-12-17)15-7-5-14(13-19)6-8-15/h5-11,23-24H,4,12-13H2,1-3H3;5-11,20-21H,4,12-13H2,1-3H3;5-12,19H,4,13H2,1-3H3. The maximum Gasteiger partial charge on any atom is 0.316 e. The van der Waals surface area contributed by atoms with E-state index in [1.807, 2.05) is 87.5 Å². The molecule has 0 saturated heterocycles. The number of carbonyl (C=O) groups is 1. The summed E-state index contributed by atoms with van der Waals surface area (Å²) in [5.41, 5.74) is 11.2. The summed E-state index contributed by atoms with van der Waals surface area (Å²) in [4.78, 5) is 12.3. The number of fused-ring (bicyclic) bond motifs is 2. The lowest BCUT2D eigenvalue weighted by atomic mass is 9.82. The van der Waals surface area contributed by atoms with Gasteiger partial charge in [-0.05, 0) is 169 Å². The summed E-state index contributed by atoms with van der Waals surface area (Å²) < 4.78 is 5.56. The highest BCUT2D eigenvalue weighted by Crippen LogP contribution is 2.33. The predicted octanol–water partition coefficient (Wildman–Crippen LogP) is 12.9. The number of hydrogen-bond donors (Lipinski definition) is 5. The minimum absolute atomic E-state index is 0.0419. The molecular formula is C59H70O7. The van der Waals surface area contributed by atoms with Crippen LogP contribution in [-0.4, -0.2) is 31.5 Å². The molecule has 0 saturated carbocycles. The van der Waals surface area contributed by atoms with Gasteiger partial charge in [-0.15, -0.1) is 0 Å². The van der Waals surface area contributed by atoms with E-state index in [1.54, 1.807) is 6.07 Å². The number of esters is 1. The SMILES string of the molecule is CCC(C)(C)C(=O)Oc1ccc2cc3cc(CO)c(CO)cc3cc2c1.CCC(C)(C)c1ccc(-c2ccc(CO)c(CO)c2)cc1.CCC(C)(C)c1ccc(-c2ccc(CO)cc2)cc1. The third-order valence-corrected chi connectivity index (χ3v) is 13.5. The fourth-order valence-corrected chi connectivity index (χ4v) is 7.41. The van der Waals surface area contributed by atoms with Crippen LogP contribution in [-0.2, 0) is 48.7 Å². The van der Waals surface area contributed by atoms with E-state index >= 15 is 0 Å². The van der Waals surface area contributed by atoms with Gasteiger partial charge in [-0.1, -0.05) is 139 Å². The number of hydrogen-bond acceptors (Lipinski definition) is 7. The maximum absolute atomic E-state index is 12.3. The molecule has 5 N–H and O–H groups in total. The van der Waals surface area contributed by atoms with Crippen molar-refractivity contribution in [2.75, 3.05) is 0 Å². The second kappa shape index (κ2) is 22.7. The van der Waals surface area contributed by atoms with Gasteiger partial charge in [0.1, 0.15) is 5.75 Å². The molecule has 66 heavy (non-hydrogen) atoms. The van der Waals surface area contributed by atoms with Crippen LogP contribution >= 0.6 is 0 Å². The number of aliphatic hydroxyl groups is 5. The lowest BCUT2D eigenvalue weighted by molar-refractivity contribution is -0.144. The lowest BCUT2D eigenvalue weighted by Crippen LogP contribution is -2.28. The topological polar surface area (TPSA) is 127 Å². The van der Waals surface area contributed by atoms with Gasteiger partial charge in [0.05, 0.1) is 38.4 Å². The molecule has 0 radical (unpaired) electrons. The molecule has 7 aromatic carbocycles. The Balaban J connectivity index is 0.000000188. The van der Waals surface area contributed by atoms with Crippen molar-refractivity contribution in [3.8, 4) is 28.0 Å². The average Bonchev–Trinajstić information content (AvgIpc) is 3.35. The van der Waals surface area contributed by atoms with E-state index in [2.05, 4.69) is 102 Å². The van der Waals surface area contributed by atoms with Gasteiger partial charge in [-0.3, -0.25) is 4.79 Å². The van der Waals surface area contributed by atoms with E-state index in [0.29, 0.717) is 17.7 Å². The van der Waals surface area contributed by atoms with Crippen LogP contribution in [0, 0.1) is 5.41 Å². The quantitative estimate of drug-likeness (QED) is 0.0418. The largest absolute Gasteiger partial charge is 0.426 e. The van der Waals surface area contributed by atoms with Gasteiger partial charge in [0.2, 0.25) is 0 Å². The number of carbonyl (C=O) groups excluding carboxylic acids is 1. The predicted molar refractivity (Wildman–Crippen MR) is 271 cm³/mol. The molecule has 7 heteroatoms. The Morgan fingerprint density at radius 3 is 1.26 bits per heavy atom. The van der Waals surface area contributed by atoms with Crippen LogP contribution in [0.2, 0.25) is 0 Å². The van der Waals surface area contributed by atoms with Gasteiger partial charge in [-0.25, -0.2) is 0 Å². The number of benzene rings is 7. The minimum Gasteiger partial charge on any atom is -0.426 e.